The maximum atomic E-state index is 12.8. The van der Waals surface area contributed by atoms with Crippen molar-refractivity contribution in [3.05, 3.63) is 23.8 Å². The summed E-state index contributed by atoms with van der Waals surface area (Å²) in [4.78, 5) is 18.9. The van der Waals surface area contributed by atoms with Gasteiger partial charge in [0.15, 0.2) is 17.5 Å². The van der Waals surface area contributed by atoms with Crippen LogP contribution >= 0.6 is 0 Å². The van der Waals surface area contributed by atoms with E-state index in [0.717, 1.165) is 62.5 Å². The molecule has 0 aromatic heterocycles. The van der Waals surface area contributed by atoms with Crippen LogP contribution in [0.15, 0.2) is 23.2 Å². The van der Waals surface area contributed by atoms with Crippen LogP contribution in [-0.4, -0.2) is 57.8 Å². The van der Waals surface area contributed by atoms with E-state index in [4.69, 9.17) is 9.47 Å². The van der Waals surface area contributed by atoms with Crippen molar-refractivity contribution in [3.63, 3.8) is 0 Å². The minimum atomic E-state index is -0.310. The van der Waals surface area contributed by atoms with Gasteiger partial charge in [-0.3, -0.25) is 9.79 Å². The lowest BCUT2D eigenvalue weighted by Gasteiger charge is -2.31. The third-order valence-corrected chi connectivity index (χ3v) is 6.67. The van der Waals surface area contributed by atoms with Crippen LogP contribution in [0.5, 0.6) is 11.5 Å². The predicted octanol–water partition coefficient (Wildman–Crippen LogP) is 2.26. The van der Waals surface area contributed by atoms with E-state index in [1.54, 1.807) is 11.9 Å². The van der Waals surface area contributed by atoms with Crippen molar-refractivity contribution in [2.75, 3.05) is 41.0 Å². The third-order valence-electron chi connectivity index (χ3n) is 6.67. The lowest BCUT2D eigenvalue weighted by Crippen LogP contribution is -2.50. The van der Waals surface area contributed by atoms with E-state index in [-0.39, 0.29) is 16.7 Å². The van der Waals surface area contributed by atoms with Crippen molar-refractivity contribution in [1.82, 2.24) is 15.5 Å². The number of nitrogens with one attached hydrogen (secondary N) is 2. The Morgan fingerprint density at radius 3 is 2.41 bits per heavy atom. The predicted molar refractivity (Wildman–Crippen MR) is 112 cm³/mol. The first kappa shape index (κ1) is 19.9. The highest BCUT2D eigenvalue weighted by atomic mass is 16.7. The number of aliphatic imine (C=N–C) groups is 1. The van der Waals surface area contributed by atoms with Gasteiger partial charge in [-0.1, -0.05) is 18.9 Å². The zero-order valence-electron chi connectivity index (χ0n) is 17.7. The van der Waals surface area contributed by atoms with Gasteiger partial charge in [0.1, 0.15) is 0 Å². The molecule has 2 N–H and O–H groups in total. The molecular weight excluding hydrogens is 368 g/mol. The number of guanidine groups is 1. The Bertz CT molecular complexity index is 795. The van der Waals surface area contributed by atoms with Gasteiger partial charge in [0, 0.05) is 39.6 Å². The third kappa shape index (κ3) is 3.87. The Kier molecular flexibility index (Phi) is 5.32. The fraction of sp³-hybridized carbons (Fsp3) is 0.636. The Morgan fingerprint density at radius 1 is 1.07 bits per heavy atom. The van der Waals surface area contributed by atoms with Crippen molar-refractivity contribution < 1.29 is 14.3 Å². The molecule has 158 valence electrons. The molecule has 0 saturated heterocycles. The summed E-state index contributed by atoms with van der Waals surface area (Å²) in [7, 11) is 5.47. The molecule has 1 amide bonds. The molecule has 3 aliphatic rings. The molecule has 7 heteroatoms. The normalized spacial score (nSPS) is 21.0. The van der Waals surface area contributed by atoms with Gasteiger partial charge in [-0.25, -0.2) is 0 Å². The van der Waals surface area contributed by atoms with Crippen LogP contribution in [0.2, 0.25) is 0 Å². The lowest BCUT2D eigenvalue weighted by molar-refractivity contribution is -0.138. The van der Waals surface area contributed by atoms with Crippen LogP contribution in [0.25, 0.3) is 0 Å². The molecular formula is C22H32N4O3. The van der Waals surface area contributed by atoms with Crippen LogP contribution in [0.4, 0.5) is 0 Å². The van der Waals surface area contributed by atoms with E-state index in [0.29, 0.717) is 13.3 Å². The van der Waals surface area contributed by atoms with E-state index in [2.05, 4.69) is 27.8 Å². The maximum Gasteiger partial charge on any atom is 0.231 e. The molecule has 2 saturated carbocycles. The summed E-state index contributed by atoms with van der Waals surface area (Å²) in [6, 6.07) is 6.25. The summed E-state index contributed by atoms with van der Waals surface area (Å²) in [6.45, 7) is 1.73. The number of fused-ring (bicyclic) bond motifs is 1. The topological polar surface area (TPSA) is 75.2 Å². The highest BCUT2D eigenvalue weighted by Gasteiger charge is 2.45. The second-order valence-electron chi connectivity index (χ2n) is 8.81. The Labute approximate surface area is 172 Å². The molecule has 7 nitrogen and oxygen atoms in total. The van der Waals surface area contributed by atoms with Crippen molar-refractivity contribution in [2.24, 2.45) is 10.4 Å². The monoisotopic (exact) mass is 400 g/mol. The molecule has 0 bridgehead atoms. The quantitative estimate of drug-likeness (QED) is 0.566. The standard InChI is InChI=1S/C22H32N4O3/c1-23-20(25-14-22(8-4-5-9-22)19(27)26(2)3)24-13-21(10-11-21)16-6-7-17-18(12-16)29-15-28-17/h6-7,12H,4-5,8-11,13-15H2,1-3H3,(H2,23,24,25). The largest absolute Gasteiger partial charge is 0.454 e. The second-order valence-corrected chi connectivity index (χ2v) is 8.81. The summed E-state index contributed by atoms with van der Waals surface area (Å²) in [6.07, 6.45) is 6.38. The number of rotatable bonds is 6. The average molecular weight is 401 g/mol. The number of hydrogen-bond donors (Lipinski definition) is 2. The number of ether oxygens (including phenoxy) is 2. The van der Waals surface area contributed by atoms with E-state index < -0.39 is 0 Å². The van der Waals surface area contributed by atoms with Crippen LogP contribution in [0.3, 0.4) is 0 Å². The first-order chi connectivity index (χ1) is 14.0. The first-order valence-electron chi connectivity index (χ1n) is 10.5. The molecule has 1 heterocycles. The summed E-state index contributed by atoms with van der Waals surface area (Å²) in [5, 5.41) is 6.92. The van der Waals surface area contributed by atoms with Gasteiger partial charge in [0.25, 0.3) is 0 Å². The number of amides is 1. The van der Waals surface area contributed by atoms with Gasteiger partial charge < -0.3 is 25.0 Å². The molecule has 0 spiro atoms. The van der Waals surface area contributed by atoms with E-state index in [1.165, 1.54) is 5.56 Å². The Morgan fingerprint density at radius 2 is 1.76 bits per heavy atom. The summed E-state index contributed by atoms with van der Waals surface area (Å²) in [5.41, 5.74) is 1.08. The molecule has 0 atom stereocenters. The van der Waals surface area contributed by atoms with Gasteiger partial charge in [0.05, 0.1) is 5.41 Å². The van der Waals surface area contributed by atoms with Crippen molar-refractivity contribution in [2.45, 2.75) is 43.9 Å². The Hall–Kier alpha value is -2.44. The maximum absolute atomic E-state index is 12.8. The number of carbonyl (C=O) groups is 1. The van der Waals surface area contributed by atoms with Crippen LogP contribution < -0.4 is 20.1 Å². The molecule has 2 aliphatic carbocycles. The van der Waals surface area contributed by atoms with Crippen LogP contribution in [0, 0.1) is 5.41 Å². The fourth-order valence-electron chi connectivity index (χ4n) is 4.66. The zero-order chi connectivity index (χ0) is 20.5. The number of carbonyl (C=O) groups excluding carboxylic acids is 1. The van der Waals surface area contributed by atoms with Crippen LogP contribution in [0.1, 0.15) is 44.1 Å². The molecule has 0 radical (unpaired) electrons. The van der Waals surface area contributed by atoms with Gasteiger partial charge in [-0.15, -0.1) is 0 Å². The smallest absolute Gasteiger partial charge is 0.231 e. The second kappa shape index (κ2) is 7.76. The minimum Gasteiger partial charge on any atom is -0.454 e. The van der Waals surface area contributed by atoms with Crippen molar-refractivity contribution in [3.8, 4) is 11.5 Å². The van der Waals surface area contributed by atoms with Crippen molar-refractivity contribution in [1.29, 1.82) is 0 Å². The summed E-state index contributed by atoms with van der Waals surface area (Å²) in [5.74, 6) is 2.64. The lowest BCUT2D eigenvalue weighted by atomic mass is 9.84. The SMILES string of the molecule is CN=C(NCC1(C(=O)N(C)C)CCCC1)NCC1(c2ccc3c(c2)OCO3)CC1. The van der Waals surface area contributed by atoms with E-state index in [9.17, 15) is 4.79 Å². The van der Waals surface area contributed by atoms with Gasteiger partial charge >= 0.3 is 0 Å². The average Bonchev–Trinajstić information content (AvgIpc) is 3.14. The van der Waals surface area contributed by atoms with Crippen molar-refractivity contribution >= 4 is 11.9 Å². The fourth-order valence-corrected chi connectivity index (χ4v) is 4.66. The molecule has 29 heavy (non-hydrogen) atoms. The molecule has 0 unspecified atom stereocenters. The zero-order valence-corrected chi connectivity index (χ0v) is 17.7. The van der Waals surface area contributed by atoms with Gasteiger partial charge in [0.2, 0.25) is 12.7 Å². The molecule has 1 aliphatic heterocycles. The molecule has 4 rings (SSSR count). The van der Waals surface area contributed by atoms with E-state index in [1.807, 2.05) is 20.2 Å². The molecule has 1 aromatic rings. The summed E-state index contributed by atoms with van der Waals surface area (Å²) < 4.78 is 11.0. The number of hydrogen-bond acceptors (Lipinski definition) is 4. The van der Waals surface area contributed by atoms with E-state index >= 15 is 0 Å². The highest BCUT2D eigenvalue weighted by Crippen LogP contribution is 2.50. The Balaban J connectivity index is 1.37. The van der Waals surface area contributed by atoms with Gasteiger partial charge in [-0.2, -0.15) is 0 Å². The first-order valence-corrected chi connectivity index (χ1v) is 10.5. The summed E-state index contributed by atoms with van der Waals surface area (Å²) >= 11 is 0. The highest BCUT2D eigenvalue weighted by molar-refractivity contribution is 5.85. The minimum absolute atomic E-state index is 0.114. The molecule has 1 aromatic carbocycles. The van der Waals surface area contributed by atoms with Crippen LogP contribution in [-0.2, 0) is 10.2 Å². The number of benzene rings is 1. The number of nitrogens with zero attached hydrogens (tertiary/aromatic N) is 2. The molecule has 2 fully saturated rings. The van der Waals surface area contributed by atoms with Gasteiger partial charge in [-0.05, 0) is 43.4 Å².